The summed E-state index contributed by atoms with van der Waals surface area (Å²) in [5.74, 6) is 1.01. The lowest BCUT2D eigenvalue weighted by molar-refractivity contribution is -1.01. The lowest BCUT2D eigenvalue weighted by Crippen LogP contribution is -3.27. The summed E-state index contributed by atoms with van der Waals surface area (Å²) >= 11 is 0. The number of carbonyl (C=O) groups excluding carboxylic acids is 1. The van der Waals surface area contributed by atoms with Gasteiger partial charge in [0.2, 0.25) is 5.78 Å². The smallest absolute Gasteiger partial charge is 0.219 e. The van der Waals surface area contributed by atoms with E-state index in [-0.39, 0.29) is 5.78 Å². The number of ketones is 1. The van der Waals surface area contributed by atoms with Gasteiger partial charge in [0.15, 0.2) is 0 Å². The summed E-state index contributed by atoms with van der Waals surface area (Å²) in [6.07, 6.45) is 1.84. The average Bonchev–Trinajstić information content (AvgIpc) is 3.13. The maximum atomic E-state index is 12.8. The van der Waals surface area contributed by atoms with E-state index in [9.17, 15) is 4.79 Å². The highest BCUT2D eigenvalue weighted by Crippen LogP contribution is 2.23. The Morgan fingerprint density at radius 1 is 1.04 bits per heavy atom. The lowest BCUT2D eigenvalue weighted by atomic mass is 10.1. The molecule has 1 aliphatic heterocycles. The Morgan fingerprint density at radius 2 is 1.78 bits per heavy atom. The first kappa shape index (κ1) is 17.8. The monoisotopic (exact) mass is 365 g/mol. The summed E-state index contributed by atoms with van der Waals surface area (Å²) in [5.41, 5.74) is 3.13. The number of nitrogens with one attached hydrogen (secondary N) is 3. The number of ether oxygens (including phenoxy) is 1. The standard InChI is InChI=1S/C22H25N3O2/c1-27-18-7-8-19-20(14-23-21(19)13-18)22(26)16-25-11-9-24(10-12-25)15-17-5-3-2-4-6-17/h2-8,13-14,23H,9-12,15-16H2,1H3/p+2. The van der Waals surface area contributed by atoms with Crippen LogP contribution in [0.5, 0.6) is 5.75 Å². The van der Waals surface area contributed by atoms with Crippen molar-refractivity contribution in [3.8, 4) is 5.75 Å². The number of H-pyrrole nitrogens is 1. The molecule has 1 fully saturated rings. The van der Waals surface area contributed by atoms with Crippen molar-refractivity contribution in [2.75, 3.05) is 39.8 Å². The van der Waals surface area contributed by atoms with Gasteiger partial charge in [-0.1, -0.05) is 30.3 Å². The molecule has 3 aromatic rings. The quantitative estimate of drug-likeness (QED) is 0.552. The van der Waals surface area contributed by atoms with Crippen molar-refractivity contribution in [3.63, 3.8) is 0 Å². The number of methoxy groups -OCH3 is 1. The van der Waals surface area contributed by atoms with Crippen LogP contribution in [0.25, 0.3) is 10.9 Å². The molecule has 0 unspecified atom stereocenters. The fourth-order valence-corrected chi connectivity index (χ4v) is 3.98. The van der Waals surface area contributed by atoms with E-state index in [0.29, 0.717) is 6.54 Å². The highest BCUT2D eigenvalue weighted by Gasteiger charge is 2.26. The average molecular weight is 365 g/mol. The number of Topliss-reactive ketones (excluding diaryl/α,β-unsaturated/α-hetero) is 1. The van der Waals surface area contributed by atoms with E-state index in [2.05, 4.69) is 35.3 Å². The van der Waals surface area contributed by atoms with Crippen LogP contribution in [0.15, 0.2) is 54.7 Å². The summed E-state index contributed by atoms with van der Waals surface area (Å²) in [4.78, 5) is 19.0. The first-order valence-corrected chi connectivity index (χ1v) is 9.62. The van der Waals surface area contributed by atoms with Crippen LogP contribution >= 0.6 is 0 Å². The number of benzene rings is 2. The van der Waals surface area contributed by atoms with Gasteiger partial charge in [-0.15, -0.1) is 0 Å². The molecule has 1 aliphatic rings. The highest BCUT2D eigenvalue weighted by molar-refractivity contribution is 6.08. The number of hydrogen-bond acceptors (Lipinski definition) is 2. The Labute approximate surface area is 159 Å². The second-order valence-corrected chi connectivity index (χ2v) is 7.38. The van der Waals surface area contributed by atoms with Gasteiger partial charge in [-0.2, -0.15) is 0 Å². The minimum Gasteiger partial charge on any atom is -0.497 e. The molecular formula is C22H27N3O2+2. The fraction of sp³-hybridized carbons (Fsp3) is 0.318. The molecule has 2 aromatic carbocycles. The molecule has 1 saturated heterocycles. The zero-order valence-corrected chi connectivity index (χ0v) is 15.8. The molecule has 5 heteroatoms. The van der Waals surface area contributed by atoms with Gasteiger partial charge in [0, 0.05) is 34.3 Å². The van der Waals surface area contributed by atoms with E-state index >= 15 is 0 Å². The molecule has 3 N–H and O–H groups in total. The third-order valence-corrected chi connectivity index (χ3v) is 5.56. The van der Waals surface area contributed by atoms with Crippen molar-refractivity contribution in [3.05, 3.63) is 65.9 Å². The van der Waals surface area contributed by atoms with Gasteiger partial charge in [0.25, 0.3) is 0 Å². The molecule has 0 bridgehead atoms. The first-order chi connectivity index (χ1) is 13.2. The van der Waals surface area contributed by atoms with E-state index in [4.69, 9.17) is 4.74 Å². The van der Waals surface area contributed by atoms with Crippen LogP contribution in [0.1, 0.15) is 15.9 Å². The van der Waals surface area contributed by atoms with E-state index < -0.39 is 0 Å². The summed E-state index contributed by atoms with van der Waals surface area (Å²) < 4.78 is 5.25. The number of piperazine rings is 1. The number of hydrogen-bond donors (Lipinski definition) is 3. The lowest BCUT2D eigenvalue weighted by Gasteiger charge is -2.29. The van der Waals surface area contributed by atoms with Crippen LogP contribution in [-0.2, 0) is 6.54 Å². The zero-order chi connectivity index (χ0) is 18.6. The Bertz CT molecular complexity index is 912. The second-order valence-electron chi connectivity index (χ2n) is 7.38. The molecule has 5 nitrogen and oxygen atoms in total. The molecule has 0 spiro atoms. The van der Waals surface area contributed by atoms with Crippen molar-refractivity contribution in [2.24, 2.45) is 0 Å². The summed E-state index contributed by atoms with van der Waals surface area (Å²) in [5, 5.41) is 0.980. The predicted molar refractivity (Wildman–Crippen MR) is 106 cm³/mol. The third kappa shape index (κ3) is 4.04. The molecule has 0 saturated carbocycles. The first-order valence-electron chi connectivity index (χ1n) is 9.62. The van der Waals surface area contributed by atoms with E-state index in [0.717, 1.165) is 54.9 Å². The number of aromatic nitrogens is 1. The minimum absolute atomic E-state index is 0.216. The fourth-order valence-electron chi connectivity index (χ4n) is 3.98. The predicted octanol–water partition coefficient (Wildman–Crippen LogP) is 0.343. The number of carbonyl (C=O) groups is 1. The van der Waals surface area contributed by atoms with Gasteiger partial charge in [0.05, 0.1) is 7.11 Å². The third-order valence-electron chi connectivity index (χ3n) is 5.56. The number of fused-ring (bicyclic) bond motifs is 1. The van der Waals surface area contributed by atoms with Crippen LogP contribution in [0.3, 0.4) is 0 Å². The summed E-state index contributed by atoms with van der Waals surface area (Å²) in [6, 6.07) is 16.5. The number of aromatic amines is 1. The Balaban J connectivity index is 1.34. The van der Waals surface area contributed by atoms with Crippen molar-refractivity contribution >= 4 is 16.7 Å². The van der Waals surface area contributed by atoms with E-state index in [1.54, 1.807) is 12.0 Å². The molecule has 1 aromatic heterocycles. The van der Waals surface area contributed by atoms with Crippen LogP contribution < -0.4 is 14.5 Å². The van der Waals surface area contributed by atoms with Gasteiger partial charge in [0.1, 0.15) is 45.0 Å². The molecule has 0 atom stereocenters. The van der Waals surface area contributed by atoms with Crippen molar-refractivity contribution in [1.29, 1.82) is 0 Å². The van der Waals surface area contributed by atoms with Crippen molar-refractivity contribution in [1.82, 2.24) is 4.98 Å². The van der Waals surface area contributed by atoms with Gasteiger partial charge in [-0.3, -0.25) is 4.79 Å². The van der Waals surface area contributed by atoms with Gasteiger partial charge >= 0.3 is 0 Å². The largest absolute Gasteiger partial charge is 0.497 e. The van der Waals surface area contributed by atoms with Crippen LogP contribution in [-0.4, -0.2) is 50.6 Å². The van der Waals surface area contributed by atoms with Crippen LogP contribution in [0.2, 0.25) is 0 Å². The number of rotatable bonds is 6. The van der Waals surface area contributed by atoms with E-state index in [1.807, 2.05) is 24.4 Å². The maximum absolute atomic E-state index is 12.8. The SMILES string of the molecule is COc1ccc2c(C(=O)C[NH+]3CC[NH+](Cc4ccccc4)CC3)c[nH]c2c1. The minimum atomic E-state index is 0.216. The molecule has 0 radical (unpaired) electrons. The Hall–Kier alpha value is -2.63. The normalized spacial score (nSPS) is 19.9. The molecule has 27 heavy (non-hydrogen) atoms. The second kappa shape index (κ2) is 7.94. The molecular weight excluding hydrogens is 338 g/mol. The maximum Gasteiger partial charge on any atom is 0.219 e. The molecule has 2 heterocycles. The van der Waals surface area contributed by atoms with Gasteiger partial charge < -0.3 is 19.5 Å². The highest BCUT2D eigenvalue weighted by atomic mass is 16.5. The van der Waals surface area contributed by atoms with Crippen LogP contribution in [0, 0.1) is 0 Å². The zero-order valence-electron chi connectivity index (χ0n) is 15.8. The van der Waals surface area contributed by atoms with E-state index in [1.165, 1.54) is 10.5 Å². The van der Waals surface area contributed by atoms with Crippen LogP contribution in [0.4, 0.5) is 0 Å². The molecule has 0 aliphatic carbocycles. The van der Waals surface area contributed by atoms with Gasteiger partial charge in [-0.25, -0.2) is 0 Å². The summed E-state index contributed by atoms with van der Waals surface area (Å²) in [7, 11) is 1.65. The Morgan fingerprint density at radius 3 is 2.52 bits per heavy atom. The van der Waals surface area contributed by atoms with Crippen molar-refractivity contribution in [2.45, 2.75) is 6.54 Å². The molecule has 4 rings (SSSR count). The van der Waals surface area contributed by atoms with Crippen molar-refractivity contribution < 1.29 is 19.3 Å². The topological polar surface area (TPSA) is 51.0 Å². The summed E-state index contributed by atoms with van der Waals surface area (Å²) in [6.45, 7) is 5.96. The number of quaternary nitrogens is 2. The molecule has 140 valence electrons. The Kier molecular flexibility index (Phi) is 5.23. The molecule has 0 amide bonds. The van der Waals surface area contributed by atoms with Gasteiger partial charge in [-0.05, 0) is 12.1 Å².